The largest absolute Gasteiger partial charge is 0.320 e. The first-order valence-electron chi connectivity index (χ1n) is 7.25. The summed E-state index contributed by atoms with van der Waals surface area (Å²) >= 11 is 0. The minimum atomic E-state index is -0.0482. The van der Waals surface area contributed by atoms with E-state index in [1.54, 1.807) is 12.3 Å². The lowest BCUT2D eigenvalue weighted by Gasteiger charge is -2.03. The minimum absolute atomic E-state index is 0.0384. The fourth-order valence-electron chi connectivity index (χ4n) is 2.15. The van der Waals surface area contributed by atoms with Crippen LogP contribution in [0.5, 0.6) is 0 Å². The molecular formula is C16H20N2O2. The second-order valence-electron chi connectivity index (χ2n) is 4.76. The molecule has 1 aliphatic carbocycles. The molecule has 1 aliphatic rings. The highest BCUT2D eigenvalue weighted by atomic mass is 16.1. The Hall–Kier alpha value is -1.97. The summed E-state index contributed by atoms with van der Waals surface area (Å²) in [6, 6.07) is 3.57. The lowest BCUT2D eigenvalue weighted by molar-refractivity contribution is 0.0988. The van der Waals surface area contributed by atoms with Crippen molar-refractivity contribution in [2.45, 2.75) is 46.0 Å². The van der Waals surface area contributed by atoms with Gasteiger partial charge >= 0.3 is 0 Å². The molecule has 2 aromatic heterocycles. The van der Waals surface area contributed by atoms with Gasteiger partial charge in [0.1, 0.15) is 0 Å². The molecule has 1 fully saturated rings. The molecule has 0 saturated heterocycles. The zero-order valence-corrected chi connectivity index (χ0v) is 12.2. The lowest BCUT2D eigenvalue weighted by Crippen LogP contribution is -2.12. The average molecular weight is 272 g/mol. The number of hydrogen-bond acceptors (Lipinski definition) is 3. The summed E-state index contributed by atoms with van der Waals surface area (Å²) in [5.74, 6) is 0.438. The topological polar surface area (TPSA) is 62.8 Å². The molecule has 0 bridgehead atoms. The summed E-state index contributed by atoms with van der Waals surface area (Å²) in [5, 5.41) is 0. The fourth-order valence-corrected chi connectivity index (χ4v) is 2.15. The molecule has 20 heavy (non-hydrogen) atoms. The number of Topliss-reactive ketones (excluding diaryl/α,β-unsaturated/α-hetero) is 1. The van der Waals surface area contributed by atoms with Gasteiger partial charge in [0.15, 0.2) is 5.78 Å². The number of hydrogen-bond donors (Lipinski definition) is 1. The van der Waals surface area contributed by atoms with Gasteiger partial charge < -0.3 is 4.98 Å². The highest BCUT2D eigenvalue weighted by Gasteiger charge is 2.26. The summed E-state index contributed by atoms with van der Waals surface area (Å²) < 4.78 is 0. The van der Waals surface area contributed by atoms with Crippen molar-refractivity contribution in [3.63, 3.8) is 0 Å². The number of aromatic nitrogens is 2. The van der Waals surface area contributed by atoms with Crippen molar-refractivity contribution in [2.24, 2.45) is 0 Å². The molecule has 2 heterocycles. The van der Waals surface area contributed by atoms with Gasteiger partial charge in [0.25, 0.3) is 5.56 Å². The number of carbonyl (C=O) groups excluding carboxylic acids is 1. The molecule has 0 unspecified atom stereocenters. The van der Waals surface area contributed by atoms with Crippen LogP contribution in [0.15, 0.2) is 23.1 Å². The number of rotatable bonds is 3. The van der Waals surface area contributed by atoms with Crippen molar-refractivity contribution >= 4 is 16.8 Å². The van der Waals surface area contributed by atoms with Gasteiger partial charge in [-0.1, -0.05) is 20.8 Å². The predicted molar refractivity (Wildman–Crippen MR) is 80.3 cm³/mol. The Labute approximate surface area is 118 Å². The van der Waals surface area contributed by atoms with Gasteiger partial charge in [0.05, 0.1) is 11.0 Å². The van der Waals surface area contributed by atoms with Crippen LogP contribution in [0.2, 0.25) is 0 Å². The molecule has 0 spiro atoms. The molecule has 0 aromatic carbocycles. The molecule has 1 saturated carbocycles. The minimum Gasteiger partial charge on any atom is -0.320 e. The molecule has 4 heteroatoms. The van der Waals surface area contributed by atoms with E-state index in [4.69, 9.17) is 0 Å². The molecule has 0 amide bonds. The van der Waals surface area contributed by atoms with Crippen LogP contribution in [0.4, 0.5) is 0 Å². The first kappa shape index (κ1) is 14.4. The highest BCUT2D eigenvalue weighted by Crippen LogP contribution is 2.38. The van der Waals surface area contributed by atoms with Gasteiger partial charge in [-0.05, 0) is 30.9 Å². The van der Waals surface area contributed by atoms with Gasteiger partial charge in [-0.15, -0.1) is 0 Å². The number of H-pyrrole nitrogens is 1. The van der Waals surface area contributed by atoms with Gasteiger partial charge in [-0.25, -0.2) is 0 Å². The molecule has 3 rings (SSSR count). The maximum Gasteiger partial charge on any atom is 0.252 e. The summed E-state index contributed by atoms with van der Waals surface area (Å²) in [6.45, 7) is 5.81. The van der Waals surface area contributed by atoms with Gasteiger partial charge in [-0.2, -0.15) is 0 Å². The Morgan fingerprint density at radius 3 is 2.65 bits per heavy atom. The highest BCUT2D eigenvalue weighted by molar-refractivity contribution is 5.98. The second kappa shape index (κ2) is 5.99. The zero-order valence-electron chi connectivity index (χ0n) is 12.2. The third-order valence-electron chi connectivity index (χ3n) is 3.38. The van der Waals surface area contributed by atoms with Crippen molar-refractivity contribution < 1.29 is 4.79 Å². The average Bonchev–Trinajstić information content (AvgIpc) is 3.31. The number of ketones is 1. The SMILES string of the molecule is CC.CCC(=O)c1cnc2cc(C3CC3)c(=O)[nH]c2c1. The van der Waals surface area contributed by atoms with Crippen molar-refractivity contribution in [3.05, 3.63) is 39.8 Å². The van der Waals surface area contributed by atoms with E-state index in [-0.39, 0.29) is 11.3 Å². The smallest absolute Gasteiger partial charge is 0.252 e. The summed E-state index contributed by atoms with van der Waals surface area (Å²) in [6.07, 6.45) is 4.20. The van der Waals surface area contributed by atoms with E-state index < -0.39 is 0 Å². The van der Waals surface area contributed by atoms with E-state index in [0.717, 1.165) is 23.9 Å². The van der Waals surface area contributed by atoms with Crippen LogP contribution in [-0.4, -0.2) is 15.8 Å². The third-order valence-corrected chi connectivity index (χ3v) is 3.38. The van der Waals surface area contributed by atoms with Crippen LogP contribution in [0.25, 0.3) is 11.0 Å². The van der Waals surface area contributed by atoms with E-state index in [1.807, 2.05) is 26.8 Å². The van der Waals surface area contributed by atoms with E-state index in [1.165, 1.54) is 0 Å². The molecular weight excluding hydrogens is 252 g/mol. The van der Waals surface area contributed by atoms with Gasteiger partial charge in [0.2, 0.25) is 0 Å². The molecule has 0 atom stereocenters. The van der Waals surface area contributed by atoms with E-state index in [9.17, 15) is 9.59 Å². The Morgan fingerprint density at radius 2 is 2.05 bits per heavy atom. The normalized spacial score (nSPS) is 13.8. The predicted octanol–water partition coefficient (Wildman–Crippen LogP) is 3.42. The van der Waals surface area contributed by atoms with Crippen LogP contribution in [-0.2, 0) is 0 Å². The number of carbonyl (C=O) groups is 1. The Balaban J connectivity index is 0.000000704. The first-order chi connectivity index (χ1) is 9.69. The molecule has 0 aliphatic heterocycles. The van der Waals surface area contributed by atoms with Crippen LogP contribution >= 0.6 is 0 Å². The number of aromatic amines is 1. The summed E-state index contributed by atoms with van der Waals surface area (Å²) in [5.41, 5.74) is 2.73. The molecule has 4 nitrogen and oxygen atoms in total. The lowest BCUT2D eigenvalue weighted by atomic mass is 10.1. The van der Waals surface area contributed by atoms with Gasteiger partial charge in [0, 0.05) is 23.7 Å². The van der Waals surface area contributed by atoms with E-state index in [2.05, 4.69) is 9.97 Å². The molecule has 2 aromatic rings. The standard InChI is InChI=1S/C14H14N2O2.C2H6/c1-2-13(17)9-5-12-11(15-7-9)6-10(8-3-4-8)14(18)16-12;1-2/h5-8H,2-4H2,1H3,(H,16,18);1-2H3. The van der Waals surface area contributed by atoms with E-state index >= 15 is 0 Å². The van der Waals surface area contributed by atoms with Crippen LogP contribution in [0, 0.1) is 0 Å². The Kier molecular flexibility index (Phi) is 4.32. The Bertz CT molecular complexity index is 684. The molecule has 106 valence electrons. The van der Waals surface area contributed by atoms with Crippen molar-refractivity contribution in [2.75, 3.05) is 0 Å². The maximum absolute atomic E-state index is 11.9. The first-order valence-corrected chi connectivity index (χ1v) is 7.25. The van der Waals surface area contributed by atoms with Crippen LogP contribution in [0.3, 0.4) is 0 Å². The number of fused-ring (bicyclic) bond motifs is 1. The van der Waals surface area contributed by atoms with Crippen molar-refractivity contribution in [1.29, 1.82) is 0 Å². The van der Waals surface area contributed by atoms with Gasteiger partial charge in [-0.3, -0.25) is 14.6 Å². The summed E-state index contributed by atoms with van der Waals surface area (Å²) in [7, 11) is 0. The summed E-state index contributed by atoms with van der Waals surface area (Å²) in [4.78, 5) is 30.6. The number of nitrogens with one attached hydrogen (secondary N) is 1. The zero-order chi connectivity index (χ0) is 14.7. The fraction of sp³-hybridized carbons (Fsp3) is 0.438. The Morgan fingerprint density at radius 1 is 1.35 bits per heavy atom. The van der Waals surface area contributed by atoms with Crippen LogP contribution < -0.4 is 5.56 Å². The van der Waals surface area contributed by atoms with Crippen LogP contribution in [0.1, 0.15) is 61.9 Å². The maximum atomic E-state index is 11.9. The van der Waals surface area contributed by atoms with Crippen molar-refractivity contribution in [1.82, 2.24) is 9.97 Å². The number of nitrogens with zero attached hydrogens (tertiary/aromatic N) is 1. The number of pyridine rings is 2. The molecule has 1 N–H and O–H groups in total. The molecule has 0 radical (unpaired) electrons. The van der Waals surface area contributed by atoms with Crippen molar-refractivity contribution in [3.8, 4) is 0 Å². The van der Waals surface area contributed by atoms with E-state index in [0.29, 0.717) is 23.4 Å². The third kappa shape index (κ3) is 2.79. The quantitative estimate of drug-likeness (QED) is 0.871. The second-order valence-corrected chi connectivity index (χ2v) is 4.76. The monoisotopic (exact) mass is 272 g/mol.